The van der Waals surface area contributed by atoms with Gasteiger partial charge in [-0.1, -0.05) is 53.7 Å². The van der Waals surface area contributed by atoms with Crippen molar-refractivity contribution in [3.63, 3.8) is 0 Å². The molecule has 1 aromatic carbocycles. The summed E-state index contributed by atoms with van der Waals surface area (Å²) in [4.78, 5) is 9.68. The average molecular weight is 379 g/mol. The molecule has 0 atom stereocenters. The predicted octanol–water partition coefficient (Wildman–Crippen LogP) is 7.19. The third kappa shape index (κ3) is 5.01. The molecule has 0 bridgehead atoms. The number of aryl methyl sites for hydroxylation is 2. The molecule has 150 valence electrons. The molecule has 3 nitrogen and oxygen atoms in total. The van der Waals surface area contributed by atoms with Gasteiger partial charge in [0.25, 0.3) is 0 Å². The molecule has 0 aliphatic rings. The Morgan fingerprint density at radius 3 is 2.25 bits per heavy atom. The highest BCUT2D eigenvalue weighted by Crippen LogP contribution is 2.30. The van der Waals surface area contributed by atoms with Crippen LogP contribution in [0.1, 0.15) is 77.1 Å². The molecule has 2 aromatic heterocycles. The summed E-state index contributed by atoms with van der Waals surface area (Å²) in [6.07, 6.45) is 4.31. The van der Waals surface area contributed by atoms with Crippen LogP contribution in [0.15, 0.2) is 34.7 Å². The Hall–Kier alpha value is -2.16. The van der Waals surface area contributed by atoms with Crippen molar-refractivity contribution in [2.45, 2.75) is 73.1 Å². The number of rotatable bonds is 8. The van der Waals surface area contributed by atoms with Gasteiger partial charge in [-0.15, -0.1) is 0 Å². The fourth-order valence-electron chi connectivity index (χ4n) is 3.37. The zero-order valence-corrected chi connectivity index (χ0v) is 18.2. The van der Waals surface area contributed by atoms with Gasteiger partial charge >= 0.3 is 0 Å². The molecule has 0 N–H and O–H groups in total. The smallest absolute Gasteiger partial charge is 0.246 e. The van der Waals surface area contributed by atoms with Crippen molar-refractivity contribution in [1.82, 2.24) is 9.97 Å². The number of pyridine rings is 1. The van der Waals surface area contributed by atoms with E-state index in [2.05, 4.69) is 65.8 Å². The van der Waals surface area contributed by atoms with Gasteiger partial charge in [0.05, 0.1) is 0 Å². The molecule has 0 radical (unpaired) electrons. The summed E-state index contributed by atoms with van der Waals surface area (Å²) < 4.78 is 6.20. The van der Waals surface area contributed by atoms with Crippen LogP contribution in [0.5, 0.6) is 0 Å². The number of fused-ring (bicyclic) bond motifs is 1. The predicted molar refractivity (Wildman–Crippen MR) is 118 cm³/mol. The zero-order chi connectivity index (χ0) is 20.3. The zero-order valence-electron chi connectivity index (χ0n) is 18.2. The molecule has 0 saturated carbocycles. The van der Waals surface area contributed by atoms with Crippen LogP contribution in [-0.2, 0) is 12.8 Å². The maximum Gasteiger partial charge on any atom is 0.246 e. The standard InChI is InChI=1S/C25H34N2O/c1-16(2)10-12-19-14-20(18(5)6)15-23-24(19)27-25(28-23)22-9-7-8-21(26-22)13-11-17(3)4/h7-9,14-18H,10-13H2,1-6H3. The van der Waals surface area contributed by atoms with E-state index in [1.807, 2.05) is 6.07 Å². The number of oxazole rings is 1. The Kier molecular flexibility index (Phi) is 6.53. The van der Waals surface area contributed by atoms with E-state index < -0.39 is 0 Å². The Bertz CT molecular complexity index is 921. The summed E-state index contributed by atoms with van der Waals surface area (Å²) >= 11 is 0. The summed E-state index contributed by atoms with van der Waals surface area (Å²) in [5, 5.41) is 0. The van der Waals surface area contributed by atoms with Crippen molar-refractivity contribution in [2.75, 3.05) is 0 Å². The van der Waals surface area contributed by atoms with Crippen LogP contribution >= 0.6 is 0 Å². The Morgan fingerprint density at radius 2 is 1.57 bits per heavy atom. The molecule has 0 amide bonds. The SMILES string of the molecule is CC(C)CCc1cccc(-c2nc3c(CCC(C)C)cc(C(C)C)cc3o2)n1. The topological polar surface area (TPSA) is 38.9 Å². The highest BCUT2D eigenvalue weighted by molar-refractivity contribution is 5.80. The van der Waals surface area contributed by atoms with Crippen LogP contribution in [0, 0.1) is 11.8 Å². The van der Waals surface area contributed by atoms with Crippen molar-refractivity contribution < 1.29 is 4.42 Å². The fraction of sp³-hybridized carbons (Fsp3) is 0.520. The lowest BCUT2D eigenvalue weighted by Crippen LogP contribution is -1.97. The number of hydrogen-bond acceptors (Lipinski definition) is 3. The van der Waals surface area contributed by atoms with Gasteiger partial charge < -0.3 is 4.42 Å². The van der Waals surface area contributed by atoms with Crippen LogP contribution in [-0.4, -0.2) is 9.97 Å². The van der Waals surface area contributed by atoms with Gasteiger partial charge in [0.15, 0.2) is 5.58 Å². The molecule has 0 spiro atoms. The first-order valence-corrected chi connectivity index (χ1v) is 10.7. The van der Waals surface area contributed by atoms with Crippen molar-refractivity contribution in [3.05, 3.63) is 47.2 Å². The normalized spacial score (nSPS) is 12.0. The number of benzene rings is 1. The molecule has 2 heterocycles. The first-order chi connectivity index (χ1) is 13.3. The lowest BCUT2D eigenvalue weighted by Gasteiger charge is -2.10. The summed E-state index contributed by atoms with van der Waals surface area (Å²) in [7, 11) is 0. The Morgan fingerprint density at radius 1 is 0.857 bits per heavy atom. The highest BCUT2D eigenvalue weighted by atomic mass is 16.3. The summed E-state index contributed by atoms with van der Waals surface area (Å²) in [6.45, 7) is 13.5. The van der Waals surface area contributed by atoms with Gasteiger partial charge in [-0.05, 0) is 72.8 Å². The fourth-order valence-corrected chi connectivity index (χ4v) is 3.37. The van der Waals surface area contributed by atoms with Gasteiger partial charge in [-0.3, -0.25) is 0 Å². The number of aromatic nitrogens is 2. The molecule has 0 aliphatic heterocycles. The van der Waals surface area contributed by atoms with Crippen molar-refractivity contribution in [2.24, 2.45) is 11.8 Å². The number of nitrogens with zero attached hydrogens (tertiary/aromatic N) is 2. The van der Waals surface area contributed by atoms with Gasteiger partial charge in [-0.2, -0.15) is 0 Å². The molecular formula is C25H34N2O. The molecule has 0 fully saturated rings. The van der Waals surface area contributed by atoms with Crippen LogP contribution < -0.4 is 0 Å². The Balaban J connectivity index is 1.99. The van der Waals surface area contributed by atoms with E-state index in [1.54, 1.807) is 0 Å². The van der Waals surface area contributed by atoms with Gasteiger partial charge in [0.1, 0.15) is 11.2 Å². The minimum absolute atomic E-state index is 0.466. The lowest BCUT2D eigenvalue weighted by atomic mass is 9.96. The molecular weight excluding hydrogens is 344 g/mol. The molecule has 0 unspecified atom stereocenters. The molecule has 3 heteroatoms. The van der Waals surface area contributed by atoms with E-state index in [0.29, 0.717) is 23.6 Å². The minimum Gasteiger partial charge on any atom is -0.435 e. The summed E-state index contributed by atoms with van der Waals surface area (Å²) in [5.74, 6) is 2.44. The van der Waals surface area contributed by atoms with E-state index in [4.69, 9.17) is 14.4 Å². The molecule has 3 aromatic rings. The van der Waals surface area contributed by atoms with Crippen molar-refractivity contribution in [1.29, 1.82) is 0 Å². The molecule has 0 saturated heterocycles. The van der Waals surface area contributed by atoms with Crippen LogP contribution in [0.2, 0.25) is 0 Å². The maximum atomic E-state index is 6.20. The quantitative estimate of drug-likeness (QED) is 0.416. The largest absolute Gasteiger partial charge is 0.435 e. The number of hydrogen-bond donors (Lipinski definition) is 0. The van der Waals surface area contributed by atoms with Crippen molar-refractivity contribution in [3.8, 4) is 11.6 Å². The lowest BCUT2D eigenvalue weighted by molar-refractivity contribution is 0.580. The summed E-state index contributed by atoms with van der Waals surface area (Å²) in [5.41, 5.74) is 6.42. The second kappa shape index (κ2) is 8.89. The van der Waals surface area contributed by atoms with Gasteiger partial charge in [0, 0.05) is 5.69 Å². The van der Waals surface area contributed by atoms with Crippen LogP contribution in [0.25, 0.3) is 22.7 Å². The second-order valence-corrected chi connectivity index (χ2v) is 9.08. The van der Waals surface area contributed by atoms with Crippen LogP contribution in [0.3, 0.4) is 0 Å². The third-order valence-electron chi connectivity index (χ3n) is 5.26. The van der Waals surface area contributed by atoms with E-state index in [0.717, 1.165) is 48.2 Å². The van der Waals surface area contributed by atoms with Crippen LogP contribution in [0.4, 0.5) is 0 Å². The first-order valence-electron chi connectivity index (χ1n) is 10.7. The van der Waals surface area contributed by atoms with E-state index in [-0.39, 0.29) is 0 Å². The van der Waals surface area contributed by atoms with E-state index in [9.17, 15) is 0 Å². The first kappa shape index (κ1) is 20.6. The van der Waals surface area contributed by atoms with E-state index >= 15 is 0 Å². The minimum atomic E-state index is 0.466. The molecule has 3 rings (SSSR count). The Labute approximate surface area is 169 Å². The maximum absolute atomic E-state index is 6.20. The van der Waals surface area contributed by atoms with Gasteiger partial charge in [0.2, 0.25) is 5.89 Å². The van der Waals surface area contributed by atoms with E-state index in [1.165, 1.54) is 11.1 Å². The molecule has 0 aliphatic carbocycles. The summed E-state index contributed by atoms with van der Waals surface area (Å²) in [6, 6.07) is 10.6. The monoisotopic (exact) mass is 378 g/mol. The second-order valence-electron chi connectivity index (χ2n) is 9.08. The van der Waals surface area contributed by atoms with Crippen molar-refractivity contribution >= 4 is 11.1 Å². The highest BCUT2D eigenvalue weighted by Gasteiger charge is 2.16. The third-order valence-corrected chi connectivity index (χ3v) is 5.26. The average Bonchev–Trinajstić information content (AvgIpc) is 3.08. The van der Waals surface area contributed by atoms with Gasteiger partial charge in [-0.25, -0.2) is 9.97 Å². The molecule has 28 heavy (non-hydrogen) atoms.